The molecule has 10 heteroatoms. The third-order valence-corrected chi connectivity index (χ3v) is 6.88. The number of hydrogen-bond donors (Lipinski definition) is 4. The maximum Gasteiger partial charge on any atom is 0.245 e. The average molecular weight is 537 g/mol. The van der Waals surface area contributed by atoms with E-state index in [0.717, 1.165) is 27.7 Å². The summed E-state index contributed by atoms with van der Waals surface area (Å²) in [5, 5.41) is 16.7. The highest BCUT2D eigenvalue weighted by molar-refractivity contribution is 5.90. The summed E-state index contributed by atoms with van der Waals surface area (Å²) in [5.74, 6) is -0.0819. The highest BCUT2D eigenvalue weighted by Crippen LogP contribution is 2.31. The Kier molecular flexibility index (Phi) is 9.08. The predicted octanol–water partition coefficient (Wildman–Crippen LogP) is 1.92. The van der Waals surface area contributed by atoms with E-state index >= 15 is 0 Å². The Morgan fingerprint density at radius 2 is 2.00 bits per heavy atom. The number of nitrogens with one attached hydrogen (secondary N) is 3. The molecule has 0 radical (unpaired) electrons. The van der Waals surface area contributed by atoms with E-state index in [1.54, 1.807) is 7.11 Å². The molecule has 2 atom stereocenters. The maximum absolute atomic E-state index is 12.9. The molecule has 3 amide bonds. The van der Waals surface area contributed by atoms with Crippen molar-refractivity contribution >= 4 is 28.6 Å². The van der Waals surface area contributed by atoms with E-state index in [1.165, 1.54) is 18.7 Å². The lowest BCUT2D eigenvalue weighted by atomic mass is 10.0. The molecule has 0 aliphatic carbocycles. The van der Waals surface area contributed by atoms with Gasteiger partial charge in [0.05, 0.1) is 26.4 Å². The first-order valence-corrected chi connectivity index (χ1v) is 13.2. The SMILES string of the molecule is COc1ccc2cc1OCCCN(C(C)=O)CC(=O)N[C@@H]([C@@H](C)O)C(=O)NCCc1c([nH]c3ccccc13)C2. The molecule has 10 nitrogen and oxygen atoms in total. The normalized spacial score (nSPS) is 18.5. The average Bonchev–Trinajstić information content (AvgIpc) is 3.25. The van der Waals surface area contributed by atoms with E-state index in [-0.39, 0.29) is 19.0 Å². The Morgan fingerprint density at radius 1 is 1.21 bits per heavy atom. The second-order valence-electron chi connectivity index (χ2n) is 9.76. The lowest BCUT2D eigenvalue weighted by molar-refractivity contribution is -0.136. The monoisotopic (exact) mass is 536 g/mol. The Morgan fingerprint density at radius 3 is 2.74 bits per heavy atom. The molecule has 3 aromatic rings. The number of fused-ring (bicyclic) bond motifs is 5. The standard InChI is InChI=1S/C29H36N4O6/c1-18(34)28-29(37)30-12-11-22-21-7-4-5-8-23(21)31-24(22)15-20-9-10-25(38-3)26(16-20)39-14-6-13-33(19(2)35)17-27(36)32-28/h4-5,7-10,16,18,28,31,34H,6,11-15,17H2,1-3H3,(H,30,37)(H,32,36)/t18-,28+/m1/s1. The lowest BCUT2D eigenvalue weighted by Crippen LogP contribution is -2.54. The minimum absolute atomic E-state index is 0.233. The molecule has 0 saturated carbocycles. The van der Waals surface area contributed by atoms with Crippen molar-refractivity contribution in [2.75, 3.05) is 33.4 Å². The van der Waals surface area contributed by atoms with E-state index in [1.807, 2.05) is 42.5 Å². The number of carbonyl (C=O) groups is 3. The van der Waals surface area contributed by atoms with Crippen molar-refractivity contribution in [1.29, 1.82) is 0 Å². The number of aliphatic hydroxyl groups is 1. The fourth-order valence-electron chi connectivity index (χ4n) is 4.84. The Bertz CT molecular complexity index is 1330. The van der Waals surface area contributed by atoms with Gasteiger partial charge in [-0.2, -0.15) is 0 Å². The van der Waals surface area contributed by atoms with Gasteiger partial charge in [-0.1, -0.05) is 24.3 Å². The molecule has 2 aromatic carbocycles. The molecule has 2 bridgehead atoms. The molecule has 4 rings (SSSR count). The van der Waals surface area contributed by atoms with Crippen molar-refractivity contribution in [2.24, 2.45) is 0 Å². The van der Waals surface area contributed by atoms with Gasteiger partial charge in [-0.3, -0.25) is 14.4 Å². The van der Waals surface area contributed by atoms with Crippen LogP contribution in [0.15, 0.2) is 42.5 Å². The van der Waals surface area contributed by atoms with E-state index in [4.69, 9.17) is 9.47 Å². The number of rotatable bonds is 2. The van der Waals surface area contributed by atoms with Crippen LogP contribution < -0.4 is 20.1 Å². The van der Waals surface area contributed by atoms with E-state index in [0.29, 0.717) is 43.9 Å². The second kappa shape index (κ2) is 12.7. The molecule has 1 aliphatic rings. The first kappa shape index (κ1) is 28.0. The van der Waals surface area contributed by atoms with E-state index < -0.39 is 24.0 Å². The summed E-state index contributed by atoms with van der Waals surface area (Å²) >= 11 is 0. The predicted molar refractivity (Wildman–Crippen MR) is 147 cm³/mol. The van der Waals surface area contributed by atoms with Gasteiger partial charge in [0.25, 0.3) is 0 Å². The van der Waals surface area contributed by atoms with Crippen molar-refractivity contribution in [3.05, 3.63) is 59.3 Å². The van der Waals surface area contributed by atoms with Gasteiger partial charge < -0.3 is 35.1 Å². The minimum atomic E-state index is -1.15. The summed E-state index contributed by atoms with van der Waals surface area (Å²) in [6.45, 7) is 3.50. The first-order valence-electron chi connectivity index (χ1n) is 13.2. The number of aromatic amines is 1. The van der Waals surface area contributed by atoms with Crippen LogP contribution >= 0.6 is 0 Å². The Balaban J connectivity index is 1.66. The third kappa shape index (κ3) is 6.88. The fourth-order valence-corrected chi connectivity index (χ4v) is 4.84. The first-order chi connectivity index (χ1) is 18.8. The van der Waals surface area contributed by atoms with Crippen LogP contribution in [0.4, 0.5) is 0 Å². The number of hydrogen-bond acceptors (Lipinski definition) is 6. The largest absolute Gasteiger partial charge is 0.493 e. The number of ether oxygens (including phenoxy) is 2. The van der Waals surface area contributed by atoms with E-state index in [2.05, 4.69) is 15.6 Å². The van der Waals surface area contributed by atoms with Crippen LogP contribution in [0, 0.1) is 0 Å². The number of carbonyl (C=O) groups excluding carboxylic acids is 3. The smallest absolute Gasteiger partial charge is 0.245 e. The zero-order valence-corrected chi connectivity index (χ0v) is 22.6. The van der Waals surface area contributed by atoms with Crippen molar-refractivity contribution in [1.82, 2.24) is 20.5 Å². The maximum atomic E-state index is 12.9. The number of para-hydroxylation sites is 1. The van der Waals surface area contributed by atoms with Crippen LogP contribution in [0.1, 0.15) is 37.1 Å². The lowest BCUT2D eigenvalue weighted by Gasteiger charge is -2.24. The summed E-state index contributed by atoms with van der Waals surface area (Å²) in [6.07, 6.45) is 0.519. The van der Waals surface area contributed by atoms with Gasteiger partial charge >= 0.3 is 0 Å². The zero-order valence-electron chi connectivity index (χ0n) is 22.6. The molecule has 1 aliphatic heterocycles. The number of aromatic nitrogens is 1. The molecule has 208 valence electrons. The van der Waals surface area contributed by atoms with Gasteiger partial charge in [0.15, 0.2) is 11.5 Å². The molecule has 0 spiro atoms. The third-order valence-electron chi connectivity index (χ3n) is 6.88. The van der Waals surface area contributed by atoms with Crippen molar-refractivity contribution in [2.45, 2.75) is 45.3 Å². The fraction of sp³-hybridized carbons (Fsp3) is 0.414. The summed E-state index contributed by atoms with van der Waals surface area (Å²) in [5.41, 5.74) is 4.13. The second-order valence-corrected chi connectivity index (χ2v) is 9.76. The number of H-pyrrole nitrogens is 1. The van der Waals surface area contributed by atoms with Crippen LogP contribution in [0.3, 0.4) is 0 Å². The van der Waals surface area contributed by atoms with Crippen LogP contribution in [-0.4, -0.2) is 78.2 Å². The summed E-state index contributed by atoms with van der Waals surface area (Å²) in [6, 6.07) is 12.7. The van der Waals surface area contributed by atoms with Crippen molar-refractivity contribution < 1.29 is 29.0 Å². The summed E-state index contributed by atoms with van der Waals surface area (Å²) < 4.78 is 11.5. The van der Waals surface area contributed by atoms with Gasteiger partial charge in [0.1, 0.15) is 6.04 Å². The van der Waals surface area contributed by atoms with Gasteiger partial charge in [-0.05, 0) is 49.1 Å². The summed E-state index contributed by atoms with van der Waals surface area (Å²) in [4.78, 5) is 42.7. The molecule has 0 fully saturated rings. The van der Waals surface area contributed by atoms with Crippen molar-refractivity contribution in [3.8, 4) is 11.5 Å². The molecule has 4 N–H and O–H groups in total. The van der Waals surface area contributed by atoms with Crippen LogP contribution in [0.2, 0.25) is 0 Å². The van der Waals surface area contributed by atoms with Crippen LogP contribution in [-0.2, 0) is 27.2 Å². The van der Waals surface area contributed by atoms with Crippen molar-refractivity contribution in [3.63, 3.8) is 0 Å². The van der Waals surface area contributed by atoms with Gasteiger partial charge in [0.2, 0.25) is 17.7 Å². The van der Waals surface area contributed by atoms with Gasteiger partial charge in [0, 0.05) is 43.0 Å². The van der Waals surface area contributed by atoms with E-state index in [9.17, 15) is 19.5 Å². The highest BCUT2D eigenvalue weighted by atomic mass is 16.5. The number of benzene rings is 2. The number of aliphatic hydroxyl groups excluding tert-OH is 1. The van der Waals surface area contributed by atoms with Crippen LogP contribution in [0.25, 0.3) is 10.9 Å². The minimum Gasteiger partial charge on any atom is -0.493 e. The highest BCUT2D eigenvalue weighted by Gasteiger charge is 2.27. The molecular formula is C29H36N4O6. The molecule has 0 unspecified atom stereocenters. The molecular weight excluding hydrogens is 500 g/mol. The molecule has 39 heavy (non-hydrogen) atoms. The molecule has 1 aromatic heterocycles. The molecule has 2 heterocycles. The quantitative estimate of drug-likeness (QED) is 0.396. The Labute approximate surface area is 227 Å². The van der Waals surface area contributed by atoms with Crippen LogP contribution in [0.5, 0.6) is 11.5 Å². The Hall–Kier alpha value is -4.05. The number of amides is 3. The summed E-state index contributed by atoms with van der Waals surface area (Å²) in [7, 11) is 1.59. The number of nitrogens with zero attached hydrogens (tertiary/aromatic N) is 1. The topological polar surface area (TPSA) is 133 Å². The molecule has 0 saturated heterocycles. The van der Waals surface area contributed by atoms with Gasteiger partial charge in [-0.15, -0.1) is 0 Å². The number of methoxy groups -OCH3 is 1. The van der Waals surface area contributed by atoms with Gasteiger partial charge in [-0.25, -0.2) is 0 Å². The zero-order chi connectivity index (χ0) is 27.9.